The number of pyridine rings is 1. The van der Waals surface area contributed by atoms with Crippen LogP contribution in [0.5, 0.6) is 0 Å². The van der Waals surface area contributed by atoms with E-state index in [2.05, 4.69) is 15.6 Å². The zero-order chi connectivity index (χ0) is 29.4. The van der Waals surface area contributed by atoms with Gasteiger partial charge >= 0.3 is 0 Å². The number of nitrogens with one attached hydrogen (secondary N) is 2. The molecule has 1 aliphatic carbocycles. The van der Waals surface area contributed by atoms with Gasteiger partial charge in [-0.15, -0.1) is 11.3 Å². The molecule has 5 N–H and O–H groups in total. The van der Waals surface area contributed by atoms with Crippen LogP contribution in [0, 0.1) is 25.2 Å². The van der Waals surface area contributed by atoms with Gasteiger partial charge in [0, 0.05) is 45.6 Å². The molecule has 1 saturated carbocycles. The first-order valence-electron chi connectivity index (χ1n) is 14.3. The van der Waals surface area contributed by atoms with E-state index >= 15 is 0 Å². The topological polar surface area (TPSA) is 155 Å². The second-order valence-corrected chi connectivity index (χ2v) is 13.1. The third-order valence-corrected chi connectivity index (χ3v) is 9.76. The van der Waals surface area contributed by atoms with Crippen molar-refractivity contribution in [3.8, 4) is 10.6 Å². The molecule has 0 amide bonds. The summed E-state index contributed by atoms with van der Waals surface area (Å²) in [4.78, 5) is 19.0. The maximum absolute atomic E-state index is 11.0. The molecular formula is C29H42N6O5S. The van der Waals surface area contributed by atoms with Crippen molar-refractivity contribution in [2.75, 3.05) is 44.1 Å². The van der Waals surface area contributed by atoms with Crippen molar-refractivity contribution in [3.05, 3.63) is 23.7 Å². The summed E-state index contributed by atoms with van der Waals surface area (Å²) in [5, 5.41) is 40.0. The molecule has 0 spiro atoms. The van der Waals surface area contributed by atoms with Gasteiger partial charge in [0.25, 0.3) is 0 Å². The van der Waals surface area contributed by atoms with Crippen LogP contribution in [0.4, 0.5) is 11.8 Å². The third kappa shape index (κ3) is 6.32. The number of aliphatic hydroxyl groups is 3. The molecule has 1 aliphatic heterocycles. The second kappa shape index (κ2) is 12.0. The number of nitrogens with zero attached hydrogens (tertiary/aromatic N) is 4. The number of anilines is 2. The van der Waals surface area contributed by atoms with E-state index in [9.17, 15) is 15.3 Å². The maximum Gasteiger partial charge on any atom is 0.224 e. The van der Waals surface area contributed by atoms with Gasteiger partial charge in [0.1, 0.15) is 22.4 Å². The summed E-state index contributed by atoms with van der Waals surface area (Å²) in [6, 6.07) is 1.42. The first kappa shape index (κ1) is 30.0. The van der Waals surface area contributed by atoms with Crippen molar-refractivity contribution in [2.24, 2.45) is 11.3 Å². The Morgan fingerprint density at radius 1 is 1.12 bits per heavy atom. The molecule has 0 radical (unpaired) electrons. The summed E-state index contributed by atoms with van der Waals surface area (Å²) in [6.45, 7) is 9.96. The predicted octanol–water partition coefficient (Wildman–Crippen LogP) is 3.30. The molecule has 2 aliphatic rings. The second-order valence-electron chi connectivity index (χ2n) is 12.1. The summed E-state index contributed by atoms with van der Waals surface area (Å²) in [5.41, 5.74) is 2.02. The number of hydrogen-bond donors (Lipinski definition) is 5. The summed E-state index contributed by atoms with van der Waals surface area (Å²) in [7, 11) is 1.72. The van der Waals surface area contributed by atoms with E-state index in [1.165, 1.54) is 11.3 Å². The first-order valence-corrected chi connectivity index (χ1v) is 15.1. The highest BCUT2D eigenvalue weighted by molar-refractivity contribution is 7.21. The zero-order valence-corrected chi connectivity index (χ0v) is 25.3. The number of hydrogen-bond acceptors (Lipinski definition) is 12. The number of aromatic nitrogens is 4. The molecule has 3 aromatic rings. The largest absolute Gasteiger partial charge is 0.390 e. The number of aliphatic hydroxyl groups excluding tert-OH is 2. The monoisotopic (exact) mass is 586 g/mol. The molecule has 1 saturated heterocycles. The molecule has 4 atom stereocenters. The van der Waals surface area contributed by atoms with E-state index in [-0.39, 0.29) is 5.41 Å². The zero-order valence-electron chi connectivity index (χ0n) is 24.5. The van der Waals surface area contributed by atoms with Crippen molar-refractivity contribution >= 4 is 33.3 Å². The van der Waals surface area contributed by atoms with Crippen LogP contribution < -0.4 is 10.6 Å². The lowest BCUT2D eigenvalue weighted by Crippen LogP contribution is -2.40. The van der Waals surface area contributed by atoms with E-state index in [1.807, 2.05) is 19.9 Å². The van der Waals surface area contributed by atoms with E-state index < -0.39 is 29.8 Å². The number of methoxy groups -OCH3 is 1. The average Bonchev–Trinajstić information content (AvgIpc) is 3.49. The SMILES string of the molecule is COCCC1(CNc2nc(C)c(-c3nc4c(C)nccc4s3)c(N[C@@H]3C[C@H](C(C)(C)O)[C@@H](O)[C@H]3O)n2)CCOCC1. The summed E-state index contributed by atoms with van der Waals surface area (Å²) >= 11 is 1.54. The fraction of sp³-hybridized carbons (Fsp3) is 0.655. The molecule has 41 heavy (non-hydrogen) atoms. The highest BCUT2D eigenvalue weighted by Crippen LogP contribution is 2.41. The third-order valence-electron chi connectivity index (χ3n) is 8.72. The van der Waals surface area contributed by atoms with Crippen molar-refractivity contribution in [3.63, 3.8) is 0 Å². The summed E-state index contributed by atoms with van der Waals surface area (Å²) in [5.74, 6) is 0.502. The van der Waals surface area contributed by atoms with Crippen LogP contribution >= 0.6 is 11.3 Å². The van der Waals surface area contributed by atoms with Crippen molar-refractivity contribution in [2.45, 2.75) is 77.2 Å². The molecule has 5 rings (SSSR count). The highest BCUT2D eigenvalue weighted by Gasteiger charge is 2.48. The van der Waals surface area contributed by atoms with Crippen LogP contribution in [0.1, 0.15) is 50.9 Å². The van der Waals surface area contributed by atoms with E-state index in [0.29, 0.717) is 44.6 Å². The van der Waals surface area contributed by atoms with Gasteiger partial charge in [0.05, 0.1) is 39.4 Å². The van der Waals surface area contributed by atoms with Gasteiger partial charge in [-0.05, 0) is 64.9 Å². The summed E-state index contributed by atoms with van der Waals surface area (Å²) in [6.07, 6.45) is 2.77. The van der Waals surface area contributed by atoms with Crippen LogP contribution in [0.25, 0.3) is 20.8 Å². The Morgan fingerprint density at radius 2 is 1.88 bits per heavy atom. The van der Waals surface area contributed by atoms with Crippen molar-refractivity contribution in [1.82, 2.24) is 19.9 Å². The molecule has 2 fully saturated rings. The average molecular weight is 587 g/mol. The molecule has 3 aromatic heterocycles. The lowest BCUT2D eigenvalue weighted by atomic mass is 9.77. The minimum atomic E-state index is -1.15. The number of rotatable bonds is 10. The Labute approximate surface area is 244 Å². The maximum atomic E-state index is 11.0. The molecule has 224 valence electrons. The lowest BCUT2D eigenvalue weighted by Gasteiger charge is -2.37. The van der Waals surface area contributed by atoms with Gasteiger partial charge in [-0.3, -0.25) is 4.98 Å². The molecule has 4 heterocycles. The minimum Gasteiger partial charge on any atom is -0.390 e. The van der Waals surface area contributed by atoms with E-state index in [0.717, 1.165) is 51.4 Å². The van der Waals surface area contributed by atoms with Gasteiger partial charge in [-0.25, -0.2) is 9.97 Å². The van der Waals surface area contributed by atoms with E-state index in [4.69, 9.17) is 24.4 Å². The fourth-order valence-corrected chi connectivity index (χ4v) is 7.17. The van der Waals surface area contributed by atoms with Gasteiger partial charge in [0.2, 0.25) is 5.95 Å². The standard InChI is InChI=1S/C29H42N6O5S/c1-16-21(26-34-22-17(2)30-10-6-20(22)41-26)25(33-19-14-18(28(3,4)38)23(36)24(19)37)35-27(32-16)31-15-29(7-11-39-5)8-12-40-13-9-29/h6,10,18-19,23-24,36-38H,7-9,11-15H2,1-5H3,(H2,31,32,33,35)/t18-,19+,23+,24-/m0/s1. The quantitative estimate of drug-likeness (QED) is 0.238. The van der Waals surface area contributed by atoms with Crippen LogP contribution in [0.2, 0.25) is 0 Å². The van der Waals surface area contributed by atoms with Crippen molar-refractivity contribution in [1.29, 1.82) is 0 Å². The lowest BCUT2D eigenvalue weighted by molar-refractivity contribution is -0.0601. The van der Waals surface area contributed by atoms with Gasteiger partial charge in [-0.1, -0.05) is 0 Å². The first-order chi connectivity index (χ1) is 19.5. The van der Waals surface area contributed by atoms with Gasteiger partial charge in [-0.2, -0.15) is 4.98 Å². The Bertz CT molecular complexity index is 1360. The van der Waals surface area contributed by atoms with Crippen LogP contribution in [0.15, 0.2) is 12.3 Å². The molecule has 0 aromatic carbocycles. The van der Waals surface area contributed by atoms with Crippen molar-refractivity contribution < 1.29 is 24.8 Å². The molecular weight excluding hydrogens is 544 g/mol. The normalized spacial score (nSPS) is 24.6. The smallest absolute Gasteiger partial charge is 0.224 e. The Morgan fingerprint density at radius 3 is 2.54 bits per heavy atom. The molecule has 12 heteroatoms. The van der Waals surface area contributed by atoms with Crippen LogP contribution in [0.3, 0.4) is 0 Å². The fourth-order valence-electron chi connectivity index (χ4n) is 6.06. The highest BCUT2D eigenvalue weighted by atomic mass is 32.1. The Kier molecular flexibility index (Phi) is 8.79. The molecule has 0 bridgehead atoms. The Balaban J connectivity index is 1.50. The molecule has 0 unspecified atom stereocenters. The van der Waals surface area contributed by atoms with Gasteiger partial charge in [0.15, 0.2) is 0 Å². The van der Waals surface area contributed by atoms with Gasteiger partial charge < -0.3 is 35.4 Å². The number of aryl methyl sites for hydroxylation is 2. The number of fused-ring (bicyclic) bond motifs is 1. The van der Waals surface area contributed by atoms with E-state index in [1.54, 1.807) is 27.2 Å². The molecule has 11 nitrogen and oxygen atoms in total. The van der Waals surface area contributed by atoms with Crippen LogP contribution in [-0.2, 0) is 9.47 Å². The number of thiazole rings is 1. The number of ether oxygens (including phenoxy) is 2. The summed E-state index contributed by atoms with van der Waals surface area (Å²) < 4.78 is 12.1. The minimum absolute atomic E-state index is 0.0149. The van der Waals surface area contributed by atoms with Crippen LogP contribution in [-0.4, -0.2) is 92.6 Å². The predicted molar refractivity (Wildman–Crippen MR) is 159 cm³/mol. The Hall–Kier alpha value is -2.48.